The van der Waals surface area contributed by atoms with Crippen molar-refractivity contribution in [2.24, 2.45) is 11.0 Å². The molecule has 2 rings (SSSR count). The smallest absolute Gasteiger partial charge is 0.355 e. The SMILES string of the molecule is COC(=O)C1=NN(C)C(=O)C1C(=O)Nc1ccccc1C(=O)OC. The molecule has 0 saturated heterocycles. The van der Waals surface area contributed by atoms with Crippen molar-refractivity contribution in [1.82, 2.24) is 5.01 Å². The normalized spacial score (nSPS) is 16.5. The van der Waals surface area contributed by atoms with Crippen LogP contribution in [0.2, 0.25) is 0 Å². The highest BCUT2D eigenvalue weighted by Gasteiger charge is 2.44. The van der Waals surface area contributed by atoms with E-state index >= 15 is 0 Å². The van der Waals surface area contributed by atoms with E-state index < -0.39 is 29.7 Å². The van der Waals surface area contributed by atoms with Crippen LogP contribution in [0.4, 0.5) is 5.69 Å². The average molecular weight is 333 g/mol. The summed E-state index contributed by atoms with van der Waals surface area (Å²) in [5.74, 6) is -4.46. The molecule has 24 heavy (non-hydrogen) atoms. The van der Waals surface area contributed by atoms with Crippen LogP contribution in [0.5, 0.6) is 0 Å². The number of benzene rings is 1. The van der Waals surface area contributed by atoms with Crippen molar-refractivity contribution in [1.29, 1.82) is 0 Å². The van der Waals surface area contributed by atoms with Crippen molar-refractivity contribution in [3.63, 3.8) is 0 Å². The highest BCUT2D eigenvalue weighted by molar-refractivity contribution is 6.47. The van der Waals surface area contributed by atoms with E-state index in [0.29, 0.717) is 0 Å². The molecule has 0 bridgehead atoms. The summed E-state index contributed by atoms with van der Waals surface area (Å²) in [6.45, 7) is 0. The molecule has 1 heterocycles. The first kappa shape index (κ1) is 17.1. The Morgan fingerprint density at radius 2 is 1.75 bits per heavy atom. The van der Waals surface area contributed by atoms with Gasteiger partial charge in [-0.3, -0.25) is 9.59 Å². The molecule has 0 radical (unpaired) electrons. The van der Waals surface area contributed by atoms with E-state index in [1.165, 1.54) is 26.3 Å². The Labute approximate surface area is 137 Å². The molecule has 0 fully saturated rings. The molecular formula is C15H15N3O6. The number of nitrogens with zero attached hydrogens (tertiary/aromatic N) is 2. The maximum atomic E-state index is 12.5. The second-order valence-corrected chi connectivity index (χ2v) is 4.80. The van der Waals surface area contributed by atoms with Crippen molar-refractivity contribution in [2.75, 3.05) is 26.6 Å². The number of hydrogen-bond acceptors (Lipinski definition) is 7. The Kier molecular flexibility index (Phi) is 4.93. The number of anilines is 1. The topological polar surface area (TPSA) is 114 Å². The molecule has 1 aromatic rings. The minimum absolute atomic E-state index is 0.115. The van der Waals surface area contributed by atoms with Crippen LogP contribution in [0.25, 0.3) is 0 Å². The number of hydrazone groups is 1. The van der Waals surface area contributed by atoms with Gasteiger partial charge in [-0.1, -0.05) is 12.1 Å². The lowest BCUT2D eigenvalue weighted by atomic mass is 10.0. The Balaban J connectivity index is 2.30. The van der Waals surface area contributed by atoms with Gasteiger partial charge in [-0.2, -0.15) is 5.10 Å². The predicted molar refractivity (Wildman–Crippen MR) is 82.1 cm³/mol. The highest BCUT2D eigenvalue weighted by Crippen LogP contribution is 2.21. The third-order valence-corrected chi connectivity index (χ3v) is 3.34. The van der Waals surface area contributed by atoms with Crippen molar-refractivity contribution < 1.29 is 28.7 Å². The molecule has 1 atom stereocenters. The van der Waals surface area contributed by atoms with Gasteiger partial charge in [0.2, 0.25) is 5.91 Å². The maximum absolute atomic E-state index is 12.5. The van der Waals surface area contributed by atoms with Crippen LogP contribution < -0.4 is 5.32 Å². The lowest BCUT2D eigenvalue weighted by molar-refractivity contribution is -0.137. The molecule has 1 aliphatic heterocycles. The van der Waals surface area contributed by atoms with E-state index in [-0.39, 0.29) is 17.0 Å². The first-order valence-corrected chi connectivity index (χ1v) is 6.83. The van der Waals surface area contributed by atoms with Crippen LogP contribution in [-0.2, 0) is 23.9 Å². The number of amides is 2. The molecule has 0 aliphatic carbocycles. The zero-order valence-corrected chi connectivity index (χ0v) is 13.2. The predicted octanol–water partition coefficient (Wildman–Crippen LogP) is 0.0289. The monoisotopic (exact) mass is 333 g/mol. The molecule has 1 unspecified atom stereocenters. The van der Waals surface area contributed by atoms with Crippen LogP contribution in [-0.4, -0.2) is 55.7 Å². The number of esters is 2. The molecule has 2 amide bonds. The van der Waals surface area contributed by atoms with Crippen LogP contribution in [0, 0.1) is 5.92 Å². The summed E-state index contributed by atoms with van der Waals surface area (Å²) in [5, 5.41) is 7.07. The fourth-order valence-electron chi connectivity index (χ4n) is 2.16. The lowest BCUT2D eigenvalue weighted by Gasteiger charge is -2.13. The van der Waals surface area contributed by atoms with Crippen LogP contribution in [0.3, 0.4) is 0 Å². The average Bonchev–Trinajstić information content (AvgIpc) is 2.89. The number of nitrogens with one attached hydrogen (secondary N) is 1. The molecule has 0 saturated carbocycles. The van der Waals surface area contributed by atoms with Crippen molar-refractivity contribution >= 4 is 35.2 Å². The minimum atomic E-state index is -1.45. The number of para-hydroxylation sites is 1. The number of ether oxygens (including phenoxy) is 2. The van der Waals surface area contributed by atoms with Gasteiger partial charge >= 0.3 is 11.9 Å². The van der Waals surface area contributed by atoms with E-state index in [0.717, 1.165) is 12.1 Å². The number of rotatable bonds is 4. The summed E-state index contributed by atoms with van der Waals surface area (Å²) in [4.78, 5) is 48.0. The molecule has 126 valence electrons. The van der Waals surface area contributed by atoms with Gasteiger partial charge in [0.05, 0.1) is 25.5 Å². The van der Waals surface area contributed by atoms with E-state index in [4.69, 9.17) is 0 Å². The quantitative estimate of drug-likeness (QED) is 0.614. The standard InChI is InChI=1S/C15H15N3O6/c1-18-13(20)10(11(17-18)15(22)24-3)12(19)16-9-7-5-4-6-8(9)14(21)23-2/h4-7,10H,1-3H3,(H,16,19). The van der Waals surface area contributed by atoms with Gasteiger partial charge in [0.25, 0.3) is 5.91 Å². The van der Waals surface area contributed by atoms with Crippen molar-refractivity contribution in [2.45, 2.75) is 0 Å². The van der Waals surface area contributed by atoms with Crippen molar-refractivity contribution in [3.8, 4) is 0 Å². The molecule has 1 aliphatic rings. The molecule has 1 aromatic carbocycles. The summed E-state index contributed by atoms with van der Waals surface area (Å²) >= 11 is 0. The second-order valence-electron chi connectivity index (χ2n) is 4.80. The van der Waals surface area contributed by atoms with Crippen LogP contribution in [0.15, 0.2) is 29.4 Å². The maximum Gasteiger partial charge on any atom is 0.355 e. The molecule has 0 spiro atoms. The fourth-order valence-corrected chi connectivity index (χ4v) is 2.16. The van der Waals surface area contributed by atoms with Crippen LogP contribution in [0.1, 0.15) is 10.4 Å². The number of methoxy groups -OCH3 is 2. The van der Waals surface area contributed by atoms with E-state index in [9.17, 15) is 19.2 Å². The third kappa shape index (κ3) is 3.09. The van der Waals surface area contributed by atoms with Gasteiger partial charge in [-0.05, 0) is 12.1 Å². The third-order valence-electron chi connectivity index (χ3n) is 3.34. The van der Waals surface area contributed by atoms with Gasteiger partial charge in [-0.25, -0.2) is 14.6 Å². The van der Waals surface area contributed by atoms with Crippen LogP contribution >= 0.6 is 0 Å². The Morgan fingerprint density at radius 1 is 1.12 bits per heavy atom. The largest absolute Gasteiger partial charge is 0.465 e. The second kappa shape index (κ2) is 6.90. The summed E-state index contributed by atoms with van der Waals surface area (Å²) in [5.41, 5.74) is -0.0531. The molecule has 1 N–H and O–H groups in total. The summed E-state index contributed by atoms with van der Waals surface area (Å²) in [7, 11) is 3.65. The zero-order chi connectivity index (χ0) is 17.9. The Bertz CT molecular complexity index is 742. The van der Waals surface area contributed by atoms with Crippen molar-refractivity contribution in [3.05, 3.63) is 29.8 Å². The summed E-state index contributed by atoms with van der Waals surface area (Å²) < 4.78 is 9.17. The minimum Gasteiger partial charge on any atom is -0.465 e. The molecule has 9 heteroatoms. The first-order chi connectivity index (χ1) is 11.4. The molecule has 9 nitrogen and oxygen atoms in total. The summed E-state index contributed by atoms with van der Waals surface area (Å²) in [6, 6.07) is 6.12. The number of carbonyl (C=O) groups is 4. The fraction of sp³-hybridized carbons (Fsp3) is 0.267. The van der Waals surface area contributed by atoms with E-state index in [2.05, 4.69) is 19.9 Å². The first-order valence-electron chi connectivity index (χ1n) is 6.83. The Hall–Kier alpha value is -3.23. The molecular weight excluding hydrogens is 318 g/mol. The van der Waals surface area contributed by atoms with Gasteiger partial charge in [0, 0.05) is 7.05 Å². The highest BCUT2D eigenvalue weighted by atomic mass is 16.5. The lowest BCUT2D eigenvalue weighted by Crippen LogP contribution is -2.38. The zero-order valence-electron chi connectivity index (χ0n) is 13.2. The van der Waals surface area contributed by atoms with Gasteiger partial charge < -0.3 is 14.8 Å². The molecule has 0 aromatic heterocycles. The number of carbonyl (C=O) groups excluding carboxylic acids is 4. The van der Waals surface area contributed by atoms with E-state index in [1.54, 1.807) is 12.1 Å². The number of hydrogen-bond donors (Lipinski definition) is 1. The van der Waals surface area contributed by atoms with Gasteiger partial charge in [-0.15, -0.1) is 0 Å². The summed E-state index contributed by atoms with van der Waals surface area (Å²) in [6.07, 6.45) is 0. The van der Waals surface area contributed by atoms with E-state index in [1.807, 2.05) is 0 Å². The Morgan fingerprint density at radius 3 is 2.38 bits per heavy atom. The van der Waals surface area contributed by atoms with Gasteiger partial charge in [0.15, 0.2) is 11.6 Å². The van der Waals surface area contributed by atoms with Gasteiger partial charge in [0.1, 0.15) is 0 Å².